The van der Waals surface area contributed by atoms with Gasteiger partial charge >= 0.3 is 0 Å². The van der Waals surface area contributed by atoms with Gasteiger partial charge in [0, 0.05) is 56.9 Å². The van der Waals surface area contributed by atoms with Crippen molar-refractivity contribution in [3.05, 3.63) is 29.8 Å². The second kappa shape index (κ2) is 9.82. The minimum Gasteiger partial charge on any atom is -0.497 e. The molecule has 32 heavy (non-hydrogen) atoms. The SMILES string of the molecule is COc1ccc(CNc2nc(N3CC(N)CC(N)C3)nc(N3CC(N)CC(N)C3)n2)cc1. The Kier molecular flexibility index (Phi) is 6.89. The quantitative estimate of drug-likeness (QED) is 0.380. The van der Waals surface area contributed by atoms with Crippen molar-refractivity contribution in [2.75, 3.05) is 48.4 Å². The van der Waals surface area contributed by atoms with E-state index < -0.39 is 0 Å². The molecule has 1 aromatic heterocycles. The highest BCUT2D eigenvalue weighted by Gasteiger charge is 2.28. The number of benzene rings is 1. The summed E-state index contributed by atoms with van der Waals surface area (Å²) in [6.07, 6.45) is 1.57. The smallest absolute Gasteiger partial charge is 0.232 e. The second-order valence-corrected chi connectivity index (χ2v) is 8.78. The molecular formula is C21H34N10O. The molecule has 2 fully saturated rings. The first-order chi connectivity index (χ1) is 15.4. The molecule has 1 aromatic carbocycles. The lowest BCUT2D eigenvalue weighted by Crippen LogP contribution is -2.54. The number of aromatic nitrogens is 3. The average Bonchev–Trinajstić information content (AvgIpc) is 2.76. The summed E-state index contributed by atoms with van der Waals surface area (Å²) in [5, 5.41) is 3.32. The summed E-state index contributed by atoms with van der Waals surface area (Å²) in [6, 6.07) is 7.76. The fraction of sp³-hybridized carbons (Fsp3) is 0.571. The van der Waals surface area contributed by atoms with Crippen LogP contribution in [0.5, 0.6) is 5.75 Å². The maximum Gasteiger partial charge on any atom is 0.232 e. The van der Waals surface area contributed by atoms with Crippen molar-refractivity contribution in [1.29, 1.82) is 0 Å². The Bertz CT molecular complexity index is 830. The normalized spacial score (nSPS) is 26.2. The van der Waals surface area contributed by atoms with Gasteiger partial charge in [-0.2, -0.15) is 15.0 Å². The molecule has 9 N–H and O–H groups in total. The first-order valence-electron chi connectivity index (χ1n) is 11.0. The second-order valence-electron chi connectivity index (χ2n) is 8.78. The van der Waals surface area contributed by atoms with Crippen molar-refractivity contribution >= 4 is 17.8 Å². The fourth-order valence-electron chi connectivity index (χ4n) is 4.32. The molecule has 4 rings (SSSR count). The van der Waals surface area contributed by atoms with Crippen LogP contribution in [0.25, 0.3) is 0 Å². The third-order valence-corrected chi connectivity index (χ3v) is 5.82. The van der Waals surface area contributed by atoms with E-state index in [-0.39, 0.29) is 24.2 Å². The molecule has 2 aliphatic rings. The predicted octanol–water partition coefficient (Wildman–Crippen LogP) is -0.778. The van der Waals surface area contributed by atoms with Gasteiger partial charge in [0.15, 0.2) is 0 Å². The van der Waals surface area contributed by atoms with Crippen molar-refractivity contribution < 1.29 is 4.74 Å². The number of methoxy groups -OCH3 is 1. The molecule has 2 aliphatic heterocycles. The highest BCUT2D eigenvalue weighted by Crippen LogP contribution is 2.22. The molecule has 11 nitrogen and oxygen atoms in total. The summed E-state index contributed by atoms with van der Waals surface area (Å²) in [6.45, 7) is 3.15. The largest absolute Gasteiger partial charge is 0.497 e. The number of hydrogen-bond acceptors (Lipinski definition) is 11. The van der Waals surface area contributed by atoms with Crippen LogP contribution in [0.4, 0.5) is 17.8 Å². The van der Waals surface area contributed by atoms with Gasteiger partial charge in [0.05, 0.1) is 7.11 Å². The molecule has 3 heterocycles. The zero-order valence-corrected chi connectivity index (χ0v) is 18.5. The Balaban J connectivity index is 1.58. The van der Waals surface area contributed by atoms with Gasteiger partial charge < -0.3 is 42.8 Å². The molecule has 0 radical (unpaired) electrons. The lowest BCUT2D eigenvalue weighted by molar-refractivity contribution is 0.414. The van der Waals surface area contributed by atoms with Crippen molar-refractivity contribution in [1.82, 2.24) is 15.0 Å². The van der Waals surface area contributed by atoms with E-state index in [2.05, 4.69) is 15.3 Å². The van der Waals surface area contributed by atoms with Crippen molar-refractivity contribution in [3.8, 4) is 5.75 Å². The summed E-state index contributed by atoms with van der Waals surface area (Å²) >= 11 is 0. The van der Waals surface area contributed by atoms with E-state index in [1.54, 1.807) is 7.11 Å². The van der Waals surface area contributed by atoms with Crippen LogP contribution in [0.15, 0.2) is 24.3 Å². The molecule has 2 saturated heterocycles. The maximum absolute atomic E-state index is 6.20. The number of anilines is 3. The molecule has 4 unspecified atom stereocenters. The Morgan fingerprint density at radius 2 is 1.28 bits per heavy atom. The third-order valence-electron chi connectivity index (χ3n) is 5.82. The molecule has 0 aliphatic carbocycles. The van der Waals surface area contributed by atoms with E-state index in [4.69, 9.17) is 32.7 Å². The Morgan fingerprint density at radius 3 is 1.72 bits per heavy atom. The highest BCUT2D eigenvalue weighted by molar-refractivity contribution is 5.47. The Morgan fingerprint density at radius 1 is 0.812 bits per heavy atom. The predicted molar refractivity (Wildman–Crippen MR) is 126 cm³/mol. The van der Waals surface area contributed by atoms with Crippen molar-refractivity contribution in [2.45, 2.75) is 43.6 Å². The van der Waals surface area contributed by atoms with Crippen LogP contribution in [0.2, 0.25) is 0 Å². The van der Waals surface area contributed by atoms with E-state index in [9.17, 15) is 0 Å². The summed E-state index contributed by atoms with van der Waals surface area (Å²) in [4.78, 5) is 18.2. The van der Waals surface area contributed by atoms with Gasteiger partial charge in [0.25, 0.3) is 0 Å². The molecule has 0 saturated carbocycles. The zero-order valence-electron chi connectivity index (χ0n) is 18.5. The van der Waals surface area contributed by atoms with Crippen LogP contribution in [0, 0.1) is 0 Å². The molecule has 0 amide bonds. The number of nitrogens with zero attached hydrogens (tertiary/aromatic N) is 5. The van der Waals surface area contributed by atoms with Crippen molar-refractivity contribution in [2.24, 2.45) is 22.9 Å². The van der Waals surface area contributed by atoms with Gasteiger partial charge in [-0.15, -0.1) is 0 Å². The van der Waals surface area contributed by atoms with Crippen LogP contribution >= 0.6 is 0 Å². The van der Waals surface area contributed by atoms with Gasteiger partial charge in [-0.25, -0.2) is 0 Å². The van der Waals surface area contributed by atoms with Gasteiger partial charge in [-0.3, -0.25) is 0 Å². The monoisotopic (exact) mass is 442 g/mol. The molecule has 0 spiro atoms. The molecule has 2 aromatic rings. The summed E-state index contributed by atoms with van der Waals surface area (Å²) in [7, 11) is 1.65. The molecule has 11 heteroatoms. The Hall–Kier alpha value is -2.73. The number of piperidine rings is 2. The molecule has 0 bridgehead atoms. The first-order valence-corrected chi connectivity index (χ1v) is 11.0. The minimum atomic E-state index is -0.0218. The highest BCUT2D eigenvalue weighted by atomic mass is 16.5. The van der Waals surface area contributed by atoms with Crippen molar-refractivity contribution in [3.63, 3.8) is 0 Å². The number of nitrogens with one attached hydrogen (secondary N) is 1. The molecule has 4 atom stereocenters. The standard InChI is InChI=1S/C21H34N10O/c1-32-18-4-2-13(3-5-18)8-26-19-27-20(30-9-14(22)6-15(23)10-30)29-21(28-19)31-11-16(24)7-17(25)12-31/h2-5,14-17H,6-12,22-25H2,1H3,(H,26,27,28,29). The lowest BCUT2D eigenvalue weighted by atomic mass is 10.0. The summed E-state index contributed by atoms with van der Waals surface area (Å²) < 4.78 is 5.23. The number of ether oxygens (including phenoxy) is 1. The van der Waals surface area contributed by atoms with Crippen LogP contribution in [-0.4, -0.2) is 72.4 Å². The van der Waals surface area contributed by atoms with E-state index in [1.165, 1.54) is 0 Å². The first kappa shape index (κ1) is 22.5. The van der Waals surface area contributed by atoms with Gasteiger partial charge in [0.2, 0.25) is 17.8 Å². The number of nitrogens with two attached hydrogens (primary N) is 4. The van der Waals surface area contributed by atoms with E-state index in [0.29, 0.717) is 50.6 Å². The maximum atomic E-state index is 6.20. The van der Waals surface area contributed by atoms with Gasteiger partial charge in [-0.1, -0.05) is 12.1 Å². The van der Waals surface area contributed by atoms with Crippen LogP contribution in [0.1, 0.15) is 18.4 Å². The topological polar surface area (TPSA) is 170 Å². The molecule has 174 valence electrons. The average molecular weight is 443 g/mol. The van der Waals surface area contributed by atoms with Gasteiger partial charge in [-0.05, 0) is 30.5 Å². The fourth-order valence-corrected chi connectivity index (χ4v) is 4.32. The van der Waals surface area contributed by atoms with E-state index in [0.717, 1.165) is 24.2 Å². The minimum absolute atomic E-state index is 0.0218. The van der Waals surface area contributed by atoms with E-state index in [1.807, 2.05) is 34.1 Å². The number of hydrogen-bond donors (Lipinski definition) is 5. The van der Waals surface area contributed by atoms with Gasteiger partial charge in [0.1, 0.15) is 5.75 Å². The van der Waals surface area contributed by atoms with Crippen LogP contribution in [-0.2, 0) is 6.54 Å². The zero-order chi connectivity index (χ0) is 22.7. The van der Waals surface area contributed by atoms with E-state index >= 15 is 0 Å². The molecular weight excluding hydrogens is 408 g/mol. The van der Waals surface area contributed by atoms with Crippen LogP contribution in [0.3, 0.4) is 0 Å². The summed E-state index contributed by atoms with van der Waals surface area (Å²) in [5.41, 5.74) is 25.9. The third kappa shape index (κ3) is 5.54. The summed E-state index contributed by atoms with van der Waals surface area (Å²) in [5.74, 6) is 2.42. The Labute approximate surface area is 188 Å². The lowest BCUT2D eigenvalue weighted by Gasteiger charge is -2.37. The number of rotatable bonds is 6. The van der Waals surface area contributed by atoms with Crippen LogP contribution < -0.4 is 42.8 Å².